The van der Waals surface area contributed by atoms with Crippen LogP contribution in [0.2, 0.25) is 0 Å². The molecule has 0 aliphatic rings. The monoisotopic (exact) mass is 227 g/mol. The third kappa shape index (κ3) is 3.09. The van der Waals surface area contributed by atoms with Gasteiger partial charge in [-0.1, -0.05) is 13.8 Å². The lowest BCUT2D eigenvalue weighted by Crippen LogP contribution is -2.22. The van der Waals surface area contributed by atoms with E-state index in [1.165, 1.54) is 0 Å². The fourth-order valence-electron chi connectivity index (χ4n) is 0.910. The lowest BCUT2D eigenvalue weighted by Gasteiger charge is -2.11. The lowest BCUT2D eigenvalue weighted by molar-refractivity contribution is 0.617. The minimum Gasteiger partial charge on any atom is -0.361 e. The van der Waals surface area contributed by atoms with Crippen LogP contribution in [0.25, 0.3) is 0 Å². The second-order valence-corrected chi connectivity index (χ2v) is 3.04. The minimum absolute atomic E-state index is 0.309. The third-order valence-corrected chi connectivity index (χ3v) is 1.84. The van der Waals surface area contributed by atoms with Crippen molar-refractivity contribution in [3.63, 3.8) is 0 Å². The maximum absolute atomic E-state index is 7.69. The zero-order valence-electron chi connectivity index (χ0n) is 9.77. The molecule has 15 heavy (non-hydrogen) atoms. The van der Waals surface area contributed by atoms with E-state index in [0.717, 1.165) is 0 Å². The van der Waals surface area contributed by atoms with Gasteiger partial charge in [-0.2, -0.15) is 4.36 Å². The largest absolute Gasteiger partial charge is 0.361 e. The number of aryl methyl sites for hydroxylation is 1. The molecule has 0 bridgehead atoms. The van der Waals surface area contributed by atoms with Gasteiger partial charge >= 0.3 is 0 Å². The van der Waals surface area contributed by atoms with Crippen LogP contribution in [-0.2, 0) is 19.5 Å². The molecule has 0 unspecified atom stereocenters. The van der Waals surface area contributed by atoms with Crippen molar-refractivity contribution in [2.24, 2.45) is 11.4 Å². The molecule has 1 aromatic rings. The van der Waals surface area contributed by atoms with Gasteiger partial charge in [-0.15, -0.1) is 0 Å². The van der Waals surface area contributed by atoms with Crippen molar-refractivity contribution < 1.29 is 0 Å². The highest BCUT2D eigenvalue weighted by atomic mass is 32.1. The first-order valence-corrected chi connectivity index (χ1v) is 5.05. The molecular formula is C9H17N5S. The zero-order valence-corrected chi connectivity index (χ0v) is 10.6. The first kappa shape index (κ1) is 13.7. The van der Waals surface area contributed by atoms with Gasteiger partial charge in [-0.05, 0) is 0 Å². The molecule has 0 aliphatic carbocycles. The number of nitrogens with zero attached hydrogens (tertiary/aromatic N) is 4. The highest BCUT2D eigenvalue weighted by Gasteiger charge is 2.13. The minimum atomic E-state index is 0.309. The first-order valence-electron chi connectivity index (χ1n) is 4.69. The number of hydrogen-bond acceptors (Lipinski definition) is 4. The fourth-order valence-corrected chi connectivity index (χ4v) is 1.13. The van der Waals surface area contributed by atoms with Gasteiger partial charge in [0.2, 0.25) is 0 Å². The zero-order chi connectivity index (χ0) is 12.0. The fraction of sp³-hybridized carbons (Fsp3) is 0.556. The van der Waals surface area contributed by atoms with Crippen molar-refractivity contribution in [2.75, 3.05) is 14.1 Å². The normalized spacial score (nSPS) is 8.87. The van der Waals surface area contributed by atoms with Crippen LogP contribution in [0.3, 0.4) is 0 Å². The highest BCUT2D eigenvalue weighted by Crippen LogP contribution is 2.16. The van der Waals surface area contributed by atoms with Gasteiger partial charge < -0.3 is 9.47 Å². The van der Waals surface area contributed by atoms with Crippen LogP contribution in [0.4, 0.5) is 5.82 Å². The number of nitrogens with one attached hydrogen (secondary N) is 1. The summed E-state index contributed by atoms with van der Waals surface area (Å²) in [6.07, 6.45) is 1.60. The quantitative estimate of drug-likeness (QED) is 0.618. The van der Waals surface area contributed by atoms with E-state index in [1.54, 1.807) is 36.9 Å². The number of imidazole rings is 1. The van der Waals surface area contributed by atoms with Crippen LogP contribution < -0.4 is 0 Å². The van der Waals surface area contributed by atoms with Gasteiger partial charge in [0.1, 0.15) is 0 Å². The van der Waals surface area contributed by atoms with E-state index in [9.17, 15) is 0 Å². The molecule has 0 aliphatic heterocycles. The topological polar surface area (TPSA) is 57.3 Å². The molecule has 0 amide bonds. The molecule has 5 nitrogen and oxygen atoms in total. The predicted octanol–water partition coefficient (Wildman–Crippen LogP) is 1.70. The molecule has 1 heterocycles. The van der Waals surface area contributed by atoms with Gasteiger partial charge in [0.15, 0.2) is 17.3 Å². The lowest BCUT2D eigenvalue weighted by atomic mass is 10.4. The molecule has 1 aromatic heterocycles. The van der Waals surface area contributed by atoms with Crippen LogP contribution in [0.5, 0.6) is 0 Å². The number of amidine groups is 1. The van der Waals surface area contributed by atoms with Crippen LogP contribution in [0.15, 0.2) is 10.7 Å². The Kier molecular flexibility index (Phi) is 5.69. The molecule has 0 saturated heterocycles. The molecule has 84 valence electrons. The van der Waals surface area contributed by atoms with E-state index in [1.807, 2.05) is 13.8 Å². The molecule has 1 rings (SSSR count). The molecule has 0 fully saturated rings. The number of hydrogen-bond donors (Lipinski definition) is 1. The Morgan fingerprint density at radius 2 is 2.07 bits per heavy atom. The Balaban J connectivity index is 0.000000921. The molecular weight excluding hydrogens is 210 g/mol. The molecule has 0 spiro atoms. The average molecular weight is 227 g/mol. The van der Waals surface area contributed by atoms with E-state index in [-0.39, 0.29) is 0 Å². The average Bonchev–Trinajstić information content (AvgIpc) is 2.61. The molecule has 0 atom stereocenters. The van der Waals surface area contributed by atoms with Crippen molar-refractivity contribution in [1.82, 2.24) is 14.5 Å². The summed E-state index contributed by atoms with van der Waals surface area (Å²) in [6.45, 7) is 4.00. The Morgan fingerprint density at radius 3 is 2.47 bits per heavy atom. The number of rotatable bonds is 2. The molecule has 1 N–H and O–H groups in total. The van der Waals surface area contributed by atoms with E-state index >= 15 is 0 Å². The van der Waals surface area contributed by atoms with Crippen LogP contribution in [0, 0.1) is 5.41 Å². The Hall–Kier alpha value is -1.30. The van der Waals surface area contributed by atoms with Crippen molar-refractivity contribution in [2.45, 2.75) is 13.8 Å². The van der Waals surface area contributed by atoms with Gasteiger partial charge in [0, 0.05) is 33.6 Å². The Morgan fingerprint density at radius 1 is 1.53 bits per heavy atom. The van der Waals surface area contributed by atoms with Crippen LogP contribution >= 0.6 is 0 Å². The molecule has 0 saturated carbocycles. The van der Waals surface area contributed by atoms with Crippen molar-refractivity contribution in [3.05, 3.63) is 12.0 Å². The summed E-state index contributed by atoms with van der Waals surface area (Å²) in [5, 5.41) is 7.69. The van der Waals surface area contributed by atoms with Gasteiger partial charge in [0.25, 0.3) is 0 Å². The van der Waals surface area contributed by atoms with E-state index in [4.69, 9.17) is 5.41 Å². The Labute approximate surface area is 95.8 Å². The maximum atomic E-state index is 7.69. The van der Waals surface area contributed by atoms with Gasteiger partial charge in [-0.3, -0.25) is 5.41 Å². The molecule has 0 radical (unpaired) electrons. The Bertz CT molecular complexity index is 342. The smallest absolute Gasteiger partial charge is 0.177 e. The standard InChI is InChI=1S/C7H11N5S.C2H6/c1-11(2)6(8)5-7(10-13)12(3)4-9-5;1-2/h4,8H,1-3H3;1-2H3. The van der Waals surface area contributed by atoms with Crippen LogP contribution in [-0.4, -0.2) is 34.4 Å². The summed E-state index contributed by atoms with van der Waals surface area (Å²) in [6, 6.07) is 0. The summed E-state index contributed by atoms with van der Waals surface area (Å²) in [5.41, 5.74) is 0.516. The SMILES string of the molecule is CC.CN(C)C(=N)c1ncn(C)c1N=S. The highest BCUT2D eigenvalue weighted by molar-refractivity contribution is 7.47. The summed E-state index contributed by atoms with van der Waals surface area (Å²) in [4.78, 5) is 5.70. The molecule has 0 aromatic carbocycles. The summed E-state index contributed by atoms with van der Waals surface area (Å²) < 4.78 is 5.34. The number of aromatic nitrogens is 2. The second-order valence-electron chi connectivity index (χ2n) is 2.86. The van der Waals surface area contributed by atoms with Gasteiger partial charge in [0.05, 0.1) is 6.33 Å². The van der Waals surface area contributed by atoms with Crippen LogP contribution in [0.1, 0.15) is 19.5 Å². The van der Waals surface area contributed by atoms with Crippen molar-refractivity contribution in [1.29, 1.82) is 5.41 Å². The molecule has 6 heteroatoms. The van der Waals surface area contributed by atoms with E-state index in [2.05, 4.69) is 21.8 Å². The predicted molar refractivity (Wildman–Crippen MR) is 64.5 cm³/mol. The third-order valence-electron chi connectivity index (χ3n) is 1.66. The first-order chi connectivity index (χ1) is 7.07. The summed E-state index contributed by atoms with van der Waals surface area (Å²) in [7, 11) is 5.36. The van der Waals surface area contributed by atoms with Crippen molar-refractivity contribution >= 4 is 24.1 Å². The summed E-state index contributed by atoms with van der Waals surface area (Å²) in [5.74, 6) is 0.859. The summed E-state index contributed by atoms with van der Waals surface area (Å²) >= 11 is 4.60. The van der Waals surface area contributed by atoms with E-state index < -0.39 is 0 Å². The second kappa shape index (κ2) is 6.23. The van der Waals surface area contributed by atoms with Gasteiger partial charge in [-0.25, -0.2) is 4.98 Å². The maximum Gasteiger partial charge on any atom is 0.177 e. The van der Waals surface area contributed by atoms with Crippen molar-refractivity contribution in [3.8, 4) is 0 Å². The van der Waals surface area contributed by atoms with E-state index in [0.29, 0.717) is 17.3 Å².